The van der Waals surface area contributed by atoms with E-state index >= 15 is 0 Å². The van der Waals surface area contributed by atoms with Gasteiger partial charge < -0.3 is 0 Å². The van der Waals surface area contributed by atoms with Crippen molar-refractivity contribution in [3.05, 3.63) is 59.2 Å². The van der Waals surface area contributed by atoms with Gasteiger partial charge in [-0.2, -0.15) is 0 Å². The van der Waals surface area contributed by atoms with E-state index in [4.69, 9.17) is 0 Å². The summed E-state index contributed by atoms with van der Waals surface area (Å²) in [5, 5.41) is 0. The molecule has 1 aliphatic carbocycles. The van der Waals surface area contributed by atoms with Crippen LogP contribution in [-0.2, 0) is 25.7 Å². The number of pyridine rings is 2. The van der Waals surface area contributed by atoms with E-state index in [1.54, 1.807) is 0 Å². The molecule has 4 bridgehead atoms. The van der Waals surface area contributed by atoms with E-state index in [9.17, 15) is 0 Å². The summed E-state index contributed by atoms with van der Waals surface area (Å²) in [6.45, 7) is 0. The normalized spacial score (nSPS) is 15.6. The van der Waals surface area contributed by atoms with Crippen LogP contribution in [0.4, 0.5) is 0 Å². The molecule has 2 heteroatoms. The molecule has 0 unspecified atom stereocenters. The van der Waals surface area contributed by atoms with Crippen molar-refractivity contribution in [2.24, 2.45) is 0 Å². The van der Waals surface area contributed by atoms with Gasteiger partial charge in [0.15, 0.2) is 0 Å². The summed E-state index contributed by atoms with van der Waals surface area (Å²) in [4.78, 5) is 8.70. The van der Waals surface area contributed by atoms with Crippen LogP contribution in [-0.4, -0.2) is 9.97 Å². The average molecular weight is 238 g/mol. The molecule has 18 heavy (non-hydrogen) atoms. The van der Waals surface area contributed by atoms with Crippen molar-refractivity contribution in [2.75, 3.05) is 0 Å². The quantitative estimate of drug-likeness (QED) is 0.704. The van der Waals surface area contributed by atoms with Gasteiger partial charge in [0.05, 0.1) is 0 Å². The molecule has 0 atom stereocenters. The molecule has 0 spiro atoms. The maximum atomic E-state index is 4.35. The molecule has 3 rings (SSSR count). The number of fused-ring (bicyclic) bond motifs is 4. The largest absolute Gasteiger partial charge is 0.264 e. The lowest BCUT2D eigenvalue weighted by molar-refractivity contribution is 0.777. The zero-order valence-electron chi connectivity index (χ0n) is 10.6. The van der Waals surface area contributed by atoms with Crippen LogP contribution in [0.2, 0.25) is 0 Å². The minimum atomic E-state index is 1.12. The van der Waals surface area contributed by atoms with Gasteiger partial charge in [0, 0.05) is 24.8 Å². The third-order valence-electron chi connectivity index (χ3n) is 3.56. The Morgan fingerprint density at radius 3 is 1.22 bits per heavy atom. The summed E-state index contributed by atoms with van der Waals surface area (Å²) in [6, 6.07) is 4.64. The molecule has 0 radical (unpaired) electrons. The van der Waals surface area contributed by atoms with Crippen LogP contribution in [0, 0.1) is 0 Å². The van der Waals surface area contributed by atoms with Crippen LogP contribution in [0.1, 0.15) is 35.1 Å². The fraction of sp³-hybridized carbons (Fsp3) is 0.375. The van der Waals surface area contributed by atoms with Gasteiger partial charge in [-0.3, -0.25) is 9.97 Å². The first-order valence-corrected chi connectivity index (χ1v) is 6.76. The first kappa shape index (κ1) is 11.4. The molecule has 0 fully saturated rings. The molecule has 2 heterocycles. The minimum absolute atomic E-state index is 1.12. The zero-order chi connectivity index (χ0) is 12.2. The molecule has 0 aliphatic heterocycles. The van der Waals surface area contributed by atoms with E-state index in [1.807, 2.05) is 24.8 Å². The van der Waals surface area contributed by atoms with Crippen molar-refractivity contribution >= 4 is 0 Å². The highest BCUT2D eigenvalue weighted by molar-refractivity contribution is 5.22. The Bertz CT molecular complexity index is 446. The average Bonchev–Trinajstić information content (AvgIpc) is 2.39. The van der Waals surface area contributed by atoms with Gasteiger partial charge in [0.2, 0.25) is 0 Å². The van der Waals surface area contributed by atoms with Crippen LogP contribution < -0.4 is 0 Å². The highest BCUT2D eigenvalue weighted by Crippen LogP contribution is 2.14. The molecule has 92 valence electrons. The van der Waals surface area contributed by atoms with E-state index in [1.165, 1.54) is 35.1 Å². The number of rotatable bonds is 0. The lowest BCUT2D eigenvalue weighted by Crippen LogP contribution is -1.99. The Labute approximate surface area is 108 Å². The van der Waals surface area contributed by atoms with Gasteiger partial charge in [-0.05, 0) is 60.8 Å². The van der Waals surface area contributed by atoms with Gasteiger partial charge >= 0.3 is 0 Å². The topological polar surface area (TPSA) is 25.8 Å². The maximum Gasteiger partial charge on any atom is 0.0300 e. The molecular weight excluding hydrogens is 220 g/mol. The third kappa shape index (κ3) is 2.76. The summed E-state index contributed by atoms with van der Waals surface area (Å²) < 4.78 is 0. The van der Waals surface area contributed by atoms with E-state index in [2.05, 4.69) is 22.1 Å². The molecule has 2 nitrogen and oxygen atoms in total. The summed E-state index contributed by atoms with van der Waals surface area (Å²) in [5.41, 5.74) is 5.49. The third-order valence-corrected chi connectivity index (χ3v) is 3.56. The molecule has 2 aromatic rings. The van der Waals surface area contributed by atoms with Crippen LogP contribution >= 0.6 is 0 Å². The van der Waals surface area contributed by atoms with E-state index in [0.717, 1.165) is 25.7 Å². The minimum Gasteiger partial charge on any atom is -0.264 e. The molecule has 0 amide bonds. The number of hydrogen-bond acceptors (Lipinski definition) is 2. The zero-order valence-corrected chi connectivity index (χ0v) is 10.6. The Kier molecular flexibility index (Phi) is 3.35. The molecule has 0 aromatic carbocycles. The van der Waals surface area contributed by atoms with Crippen LogP contribution in [0.15, 0.2) is 36.9 Å². The number of aromatic nitrogens is 2. The summed E-state index contributed by atoms with van der Waals surface area (Å²) in [7, 11) is 0. The number of aryl methyl sites for hydroxylation is 4. The van der Waals surface area contributed by atoms with Crippen molar-refractivity contribution in [3.8, 4) is 0 Å². The van der Waals surface area contributed by atoms with Crippen LogP contribution in [0.25, 0.3) is 0 Å². The highest BCUT2D eigenvalue weighted by atomic mass is 14.6. The van der Waals surface area contributed by atoms with E-state index in [-0.39, 0.29) is 0 Å². The molecule has 2 aromatic heterocycles. The predicted octanol–water partition coefficient (Wildman–Crippen LogP) is 3.14. The Morgan fingerprint density at radius 1 is 0.556 bits per heavy atom. The van der Waals surface area contributed by atoms with E-state index in [0.29, 0.717) is 0 Å². The first-order valence-electron chi connectivity index (χ1n) is 6.76. The molecular formula is C16H18N2. The standard InChI is InChI=1S/C16H18N2/c1-3-13-7-15(11-17-9-13)5-2-6-16-8-14(4-1)10-18-12-16/h7-12H,1-6H2. The van der Waals surface area contributed by atoms with Crippen molar-refractivity contribution in [2.45, 2.75) is 38.5 Å². The number of nitrogens with zero attached hydrogens (tertiary/aromatic N) is 2. The highest BCUT2D eigenvalue weighted by Gasteiger charge is 2.03. The maximum absolute atomic E-state index is 4.35. The number of hydrogen-bond donors (Lipinski definition) is 0. The Balaban J connectivity index is 1.84. The second kappa shape index (κ2) is 5.30. The van der Waals surface area contributed by atoms with Crippen LogP contribution in [0.3, 0.4) is 0 Å². The van der Waals surface area contributed by atoms with Gasteiger partial charge in [0.25, 0.3) is 0 Å². The lowest BCUT2D eigenvalue weighted by atomic mass is 9.99. The van der Waals surface area contributed by atoms with Gasteiger partial charge in [-0.1, -0.05) is 12.1 Å². The van der Waals surface area contributed by atoms with Gasteiger partial charge in [0.1, 0.15) is 0 Å². The molecule has 1 aliphatic rings. The van der Waals surface area contributed by atoms with Crippen molar-refractivity contribution < 1.29 is 0 Å². The molecule has 0 N–H and O–H groups in total. The lowest BCUT2D eigenvalue weighted by Gasteiger charge is -2.09. The molecule has 0 saturated heterocycles. The summed E-state index contributed by atoms with van der Waals surface area (Å²) in [5.74, 6) is 0. The van der Waals surface area contributed by atoms with E-state index < -0.39 is 0 Å². The predicted molar refractivity (Wildman–Crippen MR) is 72.5 cm³/mol. The van der Waals surface area contributed by atoms with Crippen molar-refractivity contribution in [1.82, 2.24) is 9.97 Å². The smallest absolute Gasteiger partial charge is 0.0300 e. The second-order valence-corrected chi connectivity index (χ2v) is 5.11. The Hall–Kier alpha value is -1.70. The van der Waals surface area contributed by atoms with Gasteiger partial charge in [-0.15, -0.1) is 0 Å². The fourth-order valence-electron chi connectivity index (χ4n) is 2.62. The monoisotopic (exact) mass is 238 g/mol. The molecule has 0 saturated carbocycles. The van der Waals surface area contributed by atoms with Gasteiger partial charge in [-0.25, -0.2) is 0 Å². The fourth-order valence-corrected chi connectivity index (χ4v) is 2.62. The second-order valence-electron chi connectivity index (χ2n) is 5.11. The SMILES string of the molecule is c1ncc2cc1CCCc1cncc(c1)CCC2. The Morgan fingerprint density at radius 2 is 0.889 bits per heavy atom. The van der Waals surface area contributed by atoms with Crippen LogP contribution in [0.5, 0.6) is 0 Å². The van der Waals surface area contributed by atoms with Crippen molar-refractivity contribution in [1.29, 1.82) is 0 Å². The summed E-state index contributed by atoms with van der Waals surface area (Å²) in [6.07, 6.45) is 14.8. The first-order chi connectivity index (χ1) is 8.90. The summed E-state index contributed by atoms with van der Waals surface area (Å²) >= 11 is 0. The van der Waals surface area contributed by atoms with Crippen molar-refractivity contribution in [3.63, 3.8) is 0 Å².